The molecule has 15 heavy (non-hydrogen) atoms. The summed E-state index contributed by atoms with van der Waals surface area (Å²) >= 11 is 3.41. The Morgan fingerprint density at radius 3 is 2.73 bits per heavy atom. The molecule has 0 unspecified atom stereocenters. The third kappa shape index (κ3) is 4.20. The van der Waals surface area contributed by atoms with Gasteiger partial charge >= 0.3 is 0 Å². The first-order chi connectivity index (χ1) is 7.13. The molecule has 0 heterocycles. The van der Waals surface area contributed by atoms with E-state index in [1.807, 2.05) is 32.3 Å². The van der Waals surface area contributed by atoms with Crippen LogP contribution in [0.1, 0.15) is 5.56 Å². The summed E-state index contributed by atoms with van der Waals surface area (Å²) < 4.78 is 6.68. The van der Waals surface area contributed by atoms with Crippen molar-refractivity contribution in [3.8, 4) is 5.75 Å². The molecule has 3 nitrogen and oxygen atoms in total. The van der Waals surface area contributed by atoms with Gasteiger partial charge in [0.2, 0.25) is 0 Å². The first-order valence-electron chi connectivity index (χ1n) is 4.89. The molecular weight excluding hydrogens is 256 g/mol. The highest BCUT2D eigenvalue weighted by Gasteiger charge is 2.02. The zero-order chi connectivity index (χ0) is 11.3. The van der Waals surface area contributed by atoms with E-state index in [4.69, 9.17) is 10.5 Å². The second kappa shape index (κ2) is 6.10. The summed E-state index contributed by atoms with van der Waals surface area (Å²) in [6, 6.07) is 5.90. The van der Waals surface area contributed by atoms with Crippen LogP contribution in [0.25, 0.3) is 0 Å². The summed E-state index contributed by atoms with van der Waals surface area (Å²) in [7, 11) is 4.05. The smallest absolute Gasteiger partial charge is 0.123 e. The lowest BCUT2D eigenvalue weighted by Crippen LogP contribution is -2.19. The summed E-state index contributed by atoms with van der Waals surface area (Å²) in [5, 5.41) is 0. The first kappa shape index (κ1) is 12.5. The average molecular weight is 273 g/mol. The molecule has 1 rings (SSSR count). The Bertz CT molecular complexity index is 315. The van der Waals surface area contributed by atoms with Gasteiger partial charge in [-0.15, -0.1) is 0 Å². The normalized spacial score (nSPS) is 10.7. The molecule has 1 aromatic carbocycles. The van der Waals surface area contributed by atoms with Gasteiger partial charge in [0.1, 0.15) is 12.4 Å². The molecule has 0 aliphatic carbocycles. The van der Waals surface area contributed by atoms with Crippen molar-refractivity contribution in [1.82, 2.24) is 4.90 Å². The first-order valence-corrected chi connectivity index (χ1v) is 5.69. The molecule has 0 bridgehead atoms. The van der Waals surface area contributed by atoms with Gasteiger partial charge in [-0.25, -0.2) is 0 Å². The molecule has 0 aromatic heterocycles. The Labute approximate surface area is 99.3 Å². The van der Waals surface area contributed by atoms with E-state index in [1.165, 1.54) is 0 Å². The minimum atomic E-state index is 0.497. The zero-order valence-electron chi connectivity index (χ0n) is 9.16. The number of rotatable bonds is 5. The fraction of sp³-hybridized carbons (Fsp3) is 0.455. The molecule has 0 atom stereocenters. The van der Waals surface area contributed by atoms with E-state index < -0.39 is 0 Å². The summed E-state index contributed by atoms with van der Waals surface area (Å²) in [5.74, 6) is 0.877. The highest BCUT2D eigenvalue weighted by atomic mass is 79.9. The minimum absolute atomic E-state index is 0.497. The molecule has 0 fully saturated rings. The number of likely N-dealkylation sites (N-methyl/N-ethyl adjacent to an activating group) is 1. The van der Waals surface area contributed by atoms with Gasteiger partial charge in [-0.2, -0.15) is 0 Å². The zero-order valence-corrected chi connectivity index (χ0v) is 10.8. The monoisotopic (exact) mass is 272 g/mol. The molecule has 0 aliphatic rings. The van der Waals surface area contributed by atoms with E-state index in [0.717, 1.165) is 22.3 Å². The van der Waals surface area contributed by atoms with E-state index in [9.17, 15) is 0 Å². The Balaban J connectivity index is 2.60. The summed E-state index contributed by atoms with van der Waals surface area (Å²) in [4.78, 5) is 2.08. The van der Waals surface area contributed by atoms with Crippen LogP contribution in [0.4, 0.5) is 0 Å². The predicted octanol–water partition coefficient (Wildman–Crippen LogP) is 1.85. The number of nitrogens with two attached hydrogens (primary N) is 1. The van der Waals surface area contributed by atoms with Crippen molar-refractivity contribution < 1.29 is 4.74 Å². The number of ether oxygens (including phenoxy) is 1. The third-order valence-corrected chi connectivity index (χ3v) is 2.53. The maximum absolute atomic E-state index is 5.65. The molecule has 0 aliphatic heterocycles. The van der Waals surface area contributed by atoms with Gasteiger partial charge < -0.3 is 15.4 Å². The van der Waals surface area contributed by atoms with Crippen molar-refractivity contribution in [2.24, 2.45) is 5.73 Å². The lowest BCUT2D eigenvalue weighted by molar-refractivity contribution is 0.259. The third-order valence-electron chi connectivity index (χ3n) is 2.04. The topological polar surface area (TPSA) is 38.5 Å². The number of hydrogen-bond donors (Lipinski definition) is 1. The van der Waals surface area contributed by atoms with E-state index in [2.05, 4.69) is 20.8 Å². The standard InChI is InChI=1S/C11H17BrN2O/c1-14(2)5-6-15-11-4-3-10(12)7-9(11)8-13/h3-4,7H,5-6,8,13H2,1-2H3. The Hall–Kier alpha value is -0.580. The van der Waals surface area contributed by atoms with Crippen LogP contribution in [-0.2, 0) is 6.54 Å². The Morgan fingerprint density at radius 2 is 2.13 bits per heavy atom. The molecule has 0 saturated carbocycles. The summed E-state index contributed by atoms with van der Waals surface area (Å²) in [6.07, 6.45) is 0. The number of nitrogens with zero attached hydrogens (tertiary/aromatic N) is 1. The molecule has 2 N–H and O–H groups in total. The van der Waals surface area contributed by atoms with Crippen LogP contribution in [0.3, 0.4) is 0 Å². The van der Waals surface area contributed by atoms with Crippen molar-refractivity contribution >= 4 is 15.9 Å². The van der Waals surface area contributed by atoms with Crippen LogP contribution in [0.5, 0.6) is 5.75 Å². The van der Waals surface area contributed by atoms with Gasteiger partial charge in [-0.1, -0.05) is 15.9 Å². The number of hydrogen-bond acceptors (Lipinski definition) is 3. The van der Waals surface area contributed by atoms with E-state index >= 15 is 0 Å². The van der Waals surface area contributed by atoms with Gasteiger partial charge in [0, 0.05) is 23.1 Å². The van der Waals surface area contributed by atoms with Gasteiger partial charge in [-0.3, -0.25) is 0 Å². The highest BCUT2D eigenvalue weighted by Crippen LogP contribution is 2.22. The van der Waals surface area contributed by atoms with Crippen molar-refractivity contribution in [3.63, 3.8) is 0 Å². The van der Waals surface area contributed by atoms with Crippen LogP contribution in [0.2, 0.25) is 0 Å². The van der Waals surface area contributed by atoms with Crippen LogP contribution >= 0.6 is 15.9 Å². The molecular formula is C11H17BrN2O. The Kier molecular flexibility index (Phi) is 5.08. The highest BCUT2D eigenvalue weighted by molar-refractivity contribution is 9.10. The fourth-order valence-electron chi connectivity index (χ4n) is 1.19. The van der Waals surface area contributed by atoms with Crippen LogP contribution < -0.4 is 10.5 Å². The predicted molar refractivity (Wildman–Crippen MR) is 66.1 cm³/mol. The van der Waals surface area contributed by atoms with Gasteiger partial charge in [0.05, 0.1) is 0 Å². The van der Waals surface area contributed by atoms with E-state index in [0.29, 0.717) is 13.2 Å². The molecule has 0 spiro atoms. The molecule has 1 aromatic rings. The van der Waals surface area contributed by atoms with Crippen LogP contribution in [0.15, 0.2) is 22.7 Å². The van der Waals surface area contributed by atoms with Crippen molar-refractivity contribution in [1.29, 1.82) is 0 Å². The molecule has 0 amide bonds. The van der Waals surface area contributed by atoms with Crippen molar-refractivity contribution in [3.05, 3.63) is 28.2 Å². The van der Waals surface area contributed by atoms with E-state index in [1.54, 1.807) is 0 Å². The fourth-order valence-corrected chi connectivity index (χ4v) is 1.60. The molecule has 4 heteroatoms. The minimum Gasteiger partial charge on any atom is -0.492 e. The lowest BCUT2D eigenvalue weighted by atomic mass is 10.2. The summed E-state index contributed by atoms with van der Waals surface area (Å²) in [5.41, 5.74) is 6.67. The maximum Gasteiger partial charge on any atom is 0.123 e. The van der Waals surface area contributed by atoms with Crippen molar-refractivity contribution in [2.45, 2.75) is 6.54 Å². The van der Waals surface area contributed by atoms with Crippen LogP contribution in [-0.4, -0.2) is 32.1 Å². The number of halogens is 1. The van der Waals surface area contributed by atoms with E-state index in [-0.39, 0.29) is 0 Å². The van der Waals surface area contributed by atoms with Gasteiger partial charge in [0.25, 0.3) is 0 Å². The van der Waals surface area contributed by atoms with Gasteiger partial charge in [-0.05, 0) is 32.3 Å². The quantitative estimate of drug-likeness (QED) is 0.889. The second-order valence-corrected chi connectivity index (χ2v) is 4.52. The van der Waals surface area contributed by atoms with Crippen molar-refractivity contribution in [2.75, 3.05) is 27.2 Å². The van der Waals surface area contributed by atoms with Gasteiger partial charge in [0.15, 0.2) is 0 Å². The average Bonchev–Trinajstić information content (AvgIpc) is 2.19. The lowest BCUT2D eigenvalue weighted by Gasteiger charge is -2.13. The summed E-state index contributed by atoms with van der Waals surface area (Å²) in [6.45, 7) is 2.08. The maximum atomic E-state index is 5.65. The van der Waals surface area contributed by atoms with Crippen LogP contribution in [0, 0.1) is 0 Å². The molecule has 0 saturated heterocycles. The molecule has 0 radical (unpaired) electrons. The second-order valence-electron chi connectivity index (χ2n) is 3.61. The molecule has 84 valence electrons. The Morgan fingerprint density at radius 1 is 1.40 bits per heavy atom. The number of benzene rings is 1. The largest absolute Gasteiger partial charge is 0.492 e. The SMILES string of the molecule is CN(C)CCOc1ccc(Br)cc1CN.